The lowest BCUT2D eigenvalue weighted by Crippen LogP contribution is -2.04. The predicted octanol–water partition coefficient (Wildman–Crippen LogP) is 5.45. The molecule has 0 bridgehead atoms. The summed E-state index contributed by atoms with van der Waals surface area (Å²) in [5.74, 6) is 0. The van der Waals surface area contributed by atoms with Gasteiger partial charge in [0.15, 0.2) is 0 Å². The molecule has 0 aliphatic heterocycles. The zero-order valence-electron chi connectivity index (χ0n) is 13.6. The smallest absolute Gasteiger partial charge is 0.0548 e. The fourth-order valence-corrected chi connectivity index (χ4v) is 4.23. The minimum atomic E-state index is 0.841. The van der Waals surface area contributed by atoms with Crippen molar-refractivity contribution in [2.45, 2.75) is 25.7 Å². The summed E-state index contributed by atoms with van der Waals surface area (Å²) in [7, 11) is 0. The van der Waals surface area contributed by atoms with Crippen molar-refractivity contribution >= 4 is 27.5 Å². The van der Waals surface area contributed by atoms with Crippen LogP contribution < -0.4 is 5.73 Å². The van der Waals surface area contributed by atoms with Gasteiger partial charge in [-0.25, -0.2) is 0 Å². The monoisotopic (exact) mass is 312 g/mol. The second kappa shape index (κ2) is 5.13. The maximum Gasteiger partial charge on any atom is 0.0548 e. The molecule has 118 valence electrons. The third-order valence-electron chi connectivity index (χ3n) is 5.36. The van der Waals surface area contributed by atoms with E-state index in [9.17, 15) is 0 Å². The number of aromatic nitrogens is 1. The second-order valence-corrected chi connectivity index (χ2v) is 6.78. The highest BCUT2D eigenvalue weighted by Crippen LogP contribution is 2.41. The number of aryl methyl sites for hydroxylation is 2. The minimum Gasteiger partial charge on any atom is -0.398 e. The lowest BCUT2D eigenvalue weighted by Gasteiger charge is -2.19. The first-order valence-corrected chi connectivity index (χ1v) is 8.73. The van der Waals surface area contributed by atoms with Crippen molar-refractivity contribution < 1.29 is 0 Å². The standard InChI is InChI=1S/C22H20N2/c23-19-11-5-3-9-16(19)18-13-14-7-1-2-8-15(14)21-17-10-4-6-12-20(17)24-22(18)21/h3-6,9-13,24H,1-2,7-8,23H2. The van der Waals surface area contributed by atoms with Crippen molar-refractivity contribution in [1.82, 2.24) is 4.98 Å². The molecular formula is C22H20N2. The van der Waals surface area contributed by atoms with Crippen LogP contribution in [0.4, 0.5) is 5.69 Å². The van der Waals surface area contributed by atoms with Crippen LogP contribution in [0.25, 0.3) is 32.9 Å². The summed E-state index contributed by atoms with van der Waals surface area (Å²) in [5, 5.41) is 2.74. The summed E-state index contributed by atoms with van der Waals surface area (Å²) < 4.78 is 0. The number of aromatic amines is 1. The number of para-hydroxylation sites is 2. The summed E-state index contributed by atoms with van der Waals surface area (Å²) in [4.78, 5) is 3.67. The first kappa shape index (κ1) is 13.7. The van der Waals surface area contributed by atoms with Crippen molar-refractivity contribution in [3.8, 4) is 11.1 Å². The molecule has 4 aromatic rings. The van der Waals surface area contributed by atoms with Crippen molar-refractivity contribution in [3.05, 3.63) is 65.7 Å². The molecule has 0 fully saturated rings. The number of nitrogen functional groups attached to an aromatic ring is 1. The van der Waals surface area contributed by atoms with Gasteiger partial charge in [0.1, 0.15) is 0 Å². The Bertz CT molecular complexity index is 1070. The lowest BCUT2D eigenvalue weighted by molar-refractivity contribution is 0.690. The summed E-state index contributed by atoms with van der Waals surface area (Å²) in [6.07, 6.45) is 4.92. The number of anilines is 1. The van der Waals surface area contributed by atoms with Gasteiger partial charge in [-0.3, -0.25) is 0 Å². The quantitative estimate of drug-likeness (QED) is 0.451. The predicted molar refractivity (Wildman–Crippen MR) is 102 cm³/mol. The highest BCUT2D eigenvalue weighted by molar-refractivity contribution is 6.14. The number of rotatable bonds is 1. The topological polar surface area (TPSA) is 41.8 Å². The molecule has 0 amide bonds. The third kappa shape index (κ3) is 1.89. The van der Waals surface area contributed by atoms with E-state index in [0.29, 0.717) is 0 Å². The number of benzene rings is 3. The zero-order chi connectivity index (χ0) is 16.1. The Morgan fingerprint density at radius 2 is 1.62 bits per heavy atom. The Hall–Kier alpha value is -2.74. The Balaban J connectivity index is 1.96. The molecule has 0 atom stereocenters. The van der Waals surface area contributed by atoms with Gasteiger partial charge in [-0.2, -0.15) is 0 Å². The number of H-pyrrole nitrogens is 1. The molecule has 0 saturated carbocycles. The molecule has 1 heterocycles. The largest absolute Gasteiger partial charge is 0.398 e. The number of nitrogens with one attached hydrogen (secondary N) is 1. The van der Waals surface area contributed by atoms with E-state index in [1.807, 2.05) is 12.1 Å². The SMILES string of the molecule is Nc1ccccc1-c1cc2c(c3c1[nH]c1ccccc13)CCCC2. The van der Waals surface area contributed by atoms with Crippen LogP contribution in [0, 0.1) is 0 Å². The van der Waals surface area contributed by atoms with Crippen LogP contribution in [0.1, 0.15) is 24.0 Å². The van der Waals surface area contributed by atoms with E-state index in [1.54, 1.807) is 0 Å². The van der Waals surface area contributed by atoms with E-state index >= 15 is 0 Å². The molecule has 0 spiro atoms. The molecule has 1 aliphatic carbocycles. The number of fused-ring (bicyclic) bond motifs is 5. The van der Waals surface area contributed by atoms with Gasteiger partial charge in [0, 0.05) is 33.1 Å². The summed E-state index contributed by atoms with van der Waals surface area (Å²) in [6.45, 7) is 0. The van der Waals surface area contributed by atoms with Gasteiger partial charge in [0.2, 0.25) is 0 Å². The van der Waals surface area contributed by atoms with Gasteiger partial charge < -0.3 is 10.7 Å². The molecule has 0 unspecified atom stereocenters. The molecule has 0 radical (unpaired) electrons. The third-order valence-corrected chi connectivity index (χ3v) is 5.36. The van der Waals surface area contributed by atoms with Crippen LogP contribution in [-0.2, 0) is 12.8 Å². The first-order valence-electron chi connectivity index (χ1n) is 8.73. The average molecular weight is 312 g/mol. The van der Waals surface area contributed by atoms with Crippen LogP contribution in [0.2, 0.25) is 0 Å². The molecule has 3 aromatic carbocycles. The highest BCUT2D eigenvalue weighted by atomic mass is 14.7. The van der Waals surface area contributed by atoms with Crippen LogP contribution in [-0.4, -0.2) is 4.98 Å². The number of hydrogen-bond acceptors (Lipinski definition) is 1. The molecule has 1 aromatic heterocycles. The Morgan fingerprint density at radius 1 is 0.833 bits per heavy atom. The van der Waals surface area contributed by atoms with Crippen molar-refractivity contribution in [3.63, 3.8) is 0 Å². The maximum absolute atomic E-state index is 6.30. The summed E-state index contributed by atoms with van der Waals surface area (Å²) in [5.41, 5.74) is 15.0. The van der Waals surface area contributed by atoms with Crippen LogP contribution in [0.15, 0.2) is 54.6 Å². The highest BCUT2D eigenvalue weighted by Gasteiger charge is 2.20. The Labute approximate surface area is 141 Å². The van der Waals surface area contributed by atoms with E-state index in [-0.39, 0.29) is 0 Å². The van der Waals surface area contributed by atoms with E-state index < -0.39 is 0 Å². The fraction of sp³-hybridized carbons (Fsp3) is 0.182. The fourth-order valence-electron chi connectivity index (χ4n) is 4.23. The van der Waals surface area contributed by atoms with Gasteiger partial charge in [-0.1, -0.05) is 36.4 Å². The van der Waals surface area contributed by atoms with Crippen molar-refractivity contribution in [2.75, 3.05) is 5.73 Å². The Kier molecular flexibility index (Phi) is 2.93. The van der Waals surface area contributed by atoms with Crippen molar-refractivity contribution in [2.24, 2.45) is 0 Å². The lowest BCUT2D eigenvalue weighted by atomic mass is 9.85. The minimum absolute atomic E-state index is 0.841. The molecule has 2 heteroatoms. The molecular weight excluding hydrogens is 292 g/mol. The van der Waals surface area contributed by atoms with Gasteiger partial charge in [-0.15, -0.1) is 0 Å². The average Bonchev–Trinajstić information content (AvgIpc) is 3.01. The molecule has 5 rings (SSSR count). The molecule has 1 aliphatic rings. The van der Waals surface area contributed by atoms with E-state index in [0.717, 1.165) is 11.3 Å². The summed E-state index contributed by atoms with van der Waals surface area (Å²) in [6, 6.07) is 19.2. The van der Waals surface area contributed by atoms with Gasteiger partial charge in [0.25, 0.3) is 0 Å². The Morgan fingerprint density at radius 3 is 2.54 bits per heavy atom. The molecule has 2 nitrogen and oxygen atoms in total. The molecule has 3 N–H and O–H groups in total. The first-order chi connectivity index (χ1) is 11.8. The number of hydrogen-bond donors (Lipinski definition) is 2. The molecule has 24 heavy (non-hydrogen) atoms. The van der Waals surface area contributed by atoms with Gasteiger partial charge >= 0.3 is 0 Å². The van der Waals surface area contributed by atoms with E-state index in [4.69, 9.17) is 5.73 Å². The maximum atomic E-state index is 6.30. The summed E-state index contributed by atoms with van der Waals surface area (Å²) >= 11 is 0. The zero-order valence-corrected chi connectivity index (χ0v) is 13.6. The van der Waals surface area contributed by atoms with Gasteiger partial charge in [0.05, 0.1) is 5.52 Å². The van der Waals surface area contributed by atoms with E-state index in [2.05, 4.69) is 47.4 Å². The van der Waals surface area contributed by atoms with Crippen LogP contribution >= 0.6 is 0 Å². The van der Waals surface area contributed by atoms with Crippen LogP contribution in [0.3, 0.4) is 0 Å². The second-order valence-electron chi connectivity index (χ2n) is 6.78. The van der Waals surface area contributed by atoms with E-state index in [1.165, 1.54) is 64.2 Å². The van der Waals surface area contributed by atoms with Gasteiger partial charge in [-0.05, 0) is 55.0 Å². The van der Waals surface area contributed by atoms with Crippen molar-refractivity contribution in [1.29, 1.82) is 0 Å². The molecule has 0 saturated heterocycles. The number of nitrogens with two attached hydrogens (primary N) is 1. The normalized spacial score (nSPS) is 14.2. The van der Waals surface area contributed by atoms with Crippen LogP contribution in [0.5, 0.6) is 0 Å².